The van der Waals surface area contributed by atoms with Crippen LogP contribution >= 0.6 is 0 Å². The van der Waals surface area contributed by atoms with E-state index in [4.69, 9.17) is 18.9 Å². The number of unbranched alkanes of at least 4 members (excludes halogenated alkanes) is 18. The topological polar surface area (TPSA) is 228 Å². The second-order valence-electron chi connectivity index (χ2n) is 16.9. The van der Waals surface area contributed by atoms with Crippen LogP contribution in [-0.4, -0.2) is 140 Å². The van der Waals surface area contributed by atoms with Gasteiger partial charge >= 0.3 is 0 Å². The van der Waals surface area contributed by atoms with Crippen molar-refractivity contribution in [2.24, 2.45) is 0 Å². The van der Waals surface area contributed by atoms with E-state index in [0.29, 0.717) is 12.8 Å². The molecule has 0 spiro atoms. The lowest BCUT2D eigenvalue weighted by Gasteiger charge is -2.46. The SMILES string of the molecule is CCCCCCCCCC/C=C/CC/C=C/CC/C=C/C(O)C(COC1OC(CO)C(OC2OC(CO)C(O)C(O)C2O)C(O)C1O)NC(=O)CCCCCCCCCCC. The smallest absolute Gasteiger partial charge is 0.220 e. The molecule has 356 valence electrons. The number of hydrogen-bond donors (Lipinski definition) is 9. The molecule has 2 rings (SSSR count). The van der Waals surface area contributed by atoms with E-state index in [2.05, 4.69) is 43.5 Å². The van der Waals surface area contributed by atoms with Crippen molar-refractivity contribution in [2.45, 2.75) is 235 Å². The maximum atomic E-state index is 13.1. The average molecular weight is 872 g/mol. The number of aliphatic hydroxyl groups is 8. The molecule has 0 bridgehead atoms. The van der Waals surface area contributed by atoms with E-state index >= 15 is 0 Å². The number of amides is 1. The van der Waals surface area contributed by atoms with Crippen molar-refractivity contribution in [3.05, 3.63) is 36.5 Å². The molecule has 0 aromatic heterocycles. The summed E-state index contributed by atoms with van der Waals surface area (Å²) in [6.07, 6.45) is 20.6. The second kappa shape index (κ2) is 34.6. The summed E-state index contributed by atoms with van der Waals surface area (Å²) in [6.45, 7) is 2.71. The van der Waals surface area contributed by atoms with Crippen molar-refractivity contribution >= 4 is 5.91 Å². The highest BCUT2D eigenvalue weighted by Crippen LogP contribution is 2.30. The number of carbonyl (C=O) groups excluding carboxylic acids is 1. The number of aliphatic hydroxyl groups excluding tert-OH is 8. The number of rotatable bonds is 35. The lowest BCUT2D eigenvalue weighted by molar-refractivity contribution is -0.359. The van der Waals surface area contributed by atoms with E-state index in [9.17, 15) is 45.6 Å². The molecule has 2 fully saturated rings. The van der Waals surface area contributed by atoms with Crippen molar-refractivity contribution in [1.82, 2.24) is 5.32 Å². The number of carbonyl (C=O) groups is 1. The van der Waals surface area contributed by atoms with Crippen molar-refractivity contribution in [2.75, 3.05) is 19.8 Å². The lowest BCUT2D eigenvalue weighted by atomic mass is 9.97. The third kappa shape index (κ3) is 22.6. The van der Waals surface area contributed by atoms with Crippen LogP contribution < -0.4 is 5.32 Å². The minimum atomic E-state index is -1.79. The van der Waals surface area contributed by atoms with Crippen LogP contribution in [0.3, 0.4) is 0 Å². The van der Waals surface area contributed by atoms with Gasteiger partial charge < -0.3 is 65.1 Å². The molecule has 9 N–H and O–H groups in total. The summed E-state index contributed by atoms with van der Waals surface area (Å²) in [4.78, 5) is 13.1. The quantitative estimate of drug-likeness (QED) is 0.0297. The van der Waals surface area contributed by atoms with Crippen molar-refractivity contribution < 1.29 is 64.6 Å². The third-order valence-corrected chi connectivity index (χ3v) is 11.6. The monoisotopic (exact) mass is 872 g/mol. The van der Waals surface area contributed by atoms with E-state index in [1.54, 1.807) is 6.08 Å². The highest BCUT2D eigenvalue weighted by molar-refractivity contribution is 5.76. The summed E-state index contributed by atoms with van der Waals surface area (Å²) in [5.74, 6) is -0.259. The molecule has 14 nitrogen and oxygen atoms in total. The number of ether oxygens (including phenoxy) is 4. The predicted octanol–water partition coefficient (Wildman–Crippen LogP) is 5.15. The standard InChI is InChI=1S/C47H85NO13/c1-3-5-7-9-11-13-14-15-16-17-18-19-20-21-23-24-26-28-30-36(51)35(48-39(52)31-29-27-25-22-12-10-8-6-4-2)34-58-46-44(57)42(55)45(38(33-50)60-46)61-47-43(56)41(54)40(53)37(32-49)59-47/h17-18,21,23,28,30,35-38,40-47,49-51,53-57H,3-16,19-20,22,24-27,29,31-34H2,1-2H3,(H,48,52)/b18-17+,23-21+,30-28+. The maximum Gasteiger partial charge on any atom is 0.220 e. The molecule has 1 amide bonds. The largest absolute Gasteiger partial charge is 0.394 e. The van der Waals surface area contributed by atoms with Gasteiger partial charge in [0.2, 0.25) is 5.91 Å². The Morgan fingerprint density at radius 2 is 1.05 bits per heavy atom. The van der Waals surface area contributed by atoms with Gasteiger partial charge in [0.05, 0.1) is 32.0 Å². The highest BCUT2D eigenvalue weighted by atomic mass is 16.7. The van der Waals surface area contributed by atoms with Crippen LogP contribution in [0.2, 0.25) is 0 Å². The maximum absolute atomic E-state index is 13.1. The molecule has 2 aliphatic rings. The summed E-state index contributed by atoms with van der Waals surface area (Å²) in [7, 11) is 0. The Balaban J connectivity index is 1.89. The molecule has 0 aromatic carbocycles. The van der Waals surface area contributed by atoms with Gasteiger partial charge in [0, 0.05) is 6.42 Å². The van der Waals surface area contributed by atoms with Crippen LogP contribution in [0.4, 0.5) is 0 Å². The Morgan fingerprint density at radius 1 is 0.574 bits per heavy atom. The fourth-order valence-corrected chi connectivity index (χ4v) is 7.61. The molecule has 2 saturated heterocycles. The summed E-state index contributed by atoms with van der Waals surface area (Å²) < 4.78 is 22.6. The van der Waals surface area contributed by atoms with Crippen LogP contribution in [-0.2, 0) is 23.7 Å². The molecular formula is C47H85NO13. The molecule has 2 heterocycles. The minimum Gasteiger partial charge on any atom is -0.394 e. The van der Waals surface area contributed by atoms with Gasteiger partial charge in [-0.2, -0.15) is 0 Å². The fourth-order valence-electron chi connectivity index (χ4n) is 7.61. The Morgan fingerprint density at radius 3 is 1.61 bits per heavy atom. The first-order valence-corrected chi connectivity index (χ1v) is 23.7. The van der Waals surface area contributed by atoms with Crippen molar-refractivity contribution in [3.63, 3.8) is 0 Å². The van der Waals surface area contributed by atoms with Crippen LogP contribution in [0.15, 0.2) is 36.5 Å². The first kappa shape index (κ1) is 55.3. The lowest BCUT2D eigenvalue weighted by Crippen LogP contribution is -2.65. The highest BCUT2D eigenvalue weighted by Gasteiger charge is 2.50. The van der Waals surface area contributed by atoms with Crippen LogP contribution in [0.1, 0.15) is 162 Å². The zero-order valence-corrected chi connectivity index (χ0v) is 37.4. The van der Waals surface area contributed by atoms with Crippen LogP contribution in [0, 0.1) is 0 Å². The average Bonchev–Trinajstić information content (AvgIpc) is 3.26. The van der Waals surface area contributed by atoms with E-state index in [1.807, 2.05) is 6.08 Å². The Bertz CT molecular complexity index is 1170. The van der Waals surface area contributed by atoms with Crippen LogP contribution in [0.25, 0.3) is 0 Å². The first-order valence-electron chi connectivity index (χ1n) is 23.7. The molecule has 14 heteroatoms. The zero-order valence-electron chi connectivity index (χ0n) is 37.4. The zero-order chi connectivity index (χ0) is 44.7. The molecule has 12 atom stereocenters. The van der Waals surface area contributed by atoms with E-state index < -0.39 is 86.8 Å². The predicted molar refractivity (Wildman–Crippen MR) is 235 cm³/mol. The summed E-state index contributed by atoms with van der Waals surface area (Å²) in [5, 5.41) is 86.4. The molecule has 61 heavy (non-hydrogen) atoms. The summed E-state index contributed by atoms with van der Waals surface area (Å²) in [5.41, 5.74) is 0. The van der Waals surface area contributed by atoms with Gasteiger partial charge in [0.1, 0.15) is 48.8 Å². The Labute approximate surface area is 366 Å². The molecule has 0 radical (unpaired) electrons. The van der Waals surface area contributed by atoms with E-state index in [1.165, 1.54) is 83.5 Å². The number of hydrogen-bond acceptors (Lipinski definition) is 13. The van der Waals surface area contributed by atoms with Gasteiger partial charge in [-0.3, -0.25) is 4.79 Å². The molecule has 0 saturated carbocycles. The Kier molecular flexibility index (Phi) is 31.4. The van der Waals surface area contributed by atoms with Crippen LogP contribution in [0.5, 0.6) is 0 Å². The fraction of sp³-hybridized carbons (Fsp3) is 0.851. The molecule has 0 aliphatic carbocycles. The van der Waals surface area contributed by atoms with E-state index in [0.717, 1.165) is 44.9 Å². The number of allylic oxidation sites excluding steroid dienone is 5. The Hall–Kier alpha value is -1.79. The summed E-state index contributed by atoms with van der Waals surface area (Å²) in [6, 6.07) is -0.931. The molecular weight excluding hydrogens is 787 g/mol. The minimum absolute atomic E-state index is 0.259. The van der Waals surface area contributed by atoms with Gasteiger partial charge in [-0.25, -0.2) is 0 Å². The van der Waals surface area contributed by atoms with Gasteiger partial charge in [-0.05, 0) is 44.9 Å². The normalized spacial score (nSPS) is 28.3. The molecule has 2 aliphatic heterocycles. The third-order valence-electron chi connectivity index (χ3n) is 11.6. The van der Waals surface area contributed by atoms with E-state index in [-0.39, 0.29) is 18.9 Å². The van der Waals surface area contributed by atoms with Gasteiger partial charge in [0.25, 0.3) is 0 Å². The first-order chi connectivity index (χ1) is 29.6. The van der Waals surface area contributed by atoms with Gasteiger partial charge in [0.15, 0.2) is 12.6 Å². The molecule has 12 unspecified atom stereocenters. The number of nitrogens with one attached hydrogen (secondary N) is 1. The van der Waals surface area contributed by atoms with Gasteiger partial charge in [-0.1, -0.05) is 147 Å². The second-order valence-corrected chi connectivity index (χ2v) is 16.9. The van der Waals surface area contributed by atoms with Crippen molar-refractivity contribution in [1.29, 1.82) is 0 Å². The summed E-state index contributed by atoms with van der Waals surface area (Å²) >= 11 is 0. The van der Waals surface area contributed by atoms with Gasteiger partial charge in [-0.15, -0.1) is 0 Å². The van der Waals surface area contributed by atoms with Crippen molar-refractivity contribution in [3.8, 4) is 0 Å². The molecule has 0 aromatic rings.